The van der Waals surface area contributed by atoms with Crippen LogP contribution in [-0.4, -0.2) is 14.8 Å². The van der Waals surface area contributed by atoms with Crippen LogP contribution >= 0.6 is 0 Å². The minimum atomic E-state index is 1.00. The highest BCUT2D eigenvalue weighted by Crippen LogP contribution is 2.20. The normalized spacial score (nSPS) is 10.8. The molecule has 3 heteroatoms. The number of hydrogen-bond donors (Lipinski definition) is 0. The fourth-order valence-electron chi connectivity index (χ4n) is 1.89. The molecule has 0 radical (unpaired) electrons. The first kappa shape index (κ1) is 9.09. The molecule has 0 aliphatic carbocycles. The van der Waals surface area contributed by atoms with E-state index in [4.69, 9.17) is 0 Å². The fraction of sp³-hybridized carbons (Fsp3) is 0.0769. The molecule has 0 spiro atoms. The van der Waals surface area contributed by atoms with Crippen molar-refractivity contribution in [2.75, 3.05) is 0 Å². The summed E-state index contributed by atoms with van der Waals surface area (Å²) < 4.78 is 1.87. The van der Waals surface area contributed by atoms with Crippen LogP contribution in [0.3, 0.4) is 0 Å². The monoisotopic (exact) mass is 209 g/mol. The van der Waals surface area contributed by atoms with E-state index >= 15 is 0 Å². The molecule has 0 amide bonds. The summed E-state index contributed by atoms with van der Waals surface area (Å²) in [6.45, 7) is 2.00. The summed E-state index contributed by atoms with van der Waals surface area (Å²) in [5, 5.41) is 5.39. The van der Waals surface area contributed by atoms with Gasteiger partial charge in [0.05, 0.1) is 11.2 Å². The molecule has 0 aliphatic heterocycles. The van der Waals surface area contributed by atoms with Gasteiger partial charge in [0, 0.05) is 23.5 Å². The maximum atomic E-state index is 4.51. The molecule has 0 bridgehead atoms. The van der Waals surface area contributed by atoms with Gasteiger partial charge >= 0.3 is 0 Å². The third-order valence-electron chi connectivity index (χ3n) is 2.57. The average molecular weight is 209 g/mol. The van der Waals surface area contributed by atoms with Gasteiger partial charge in [0.2, 0.25) is 0 Å². The van der Waals surface area contributed by atoms with Gasteiger partial charge in [-0.15, -0.1) is 0 Å². The molecule has 0 N–H and O–H groups in total. The molecule has 0 saturated carbocycles. The second-order valence-corrected chi connectivity index (χ2v) is 3.75. The summed E-state index contributed by atoms with van der Waals surface area (Å²) in [5.74, 6) is 0. The Hall–Kier alpha value is -2.16. The Morgan fingerprint density at radius 2 is 2.00 bits per heavy atom. The number of nitrogens with zero attached hydrogens (tertiary/aromatic N) is 3. The number of fused-ring (bicyclic) bond motifs is 1. The van der Waals surface area contributed by atoms with E-state index in [2.05, 4.69) is 22.2 Å². The lowest BCUT2D eigenvalue weighted by Crippen LogP contribution is -1.97. The number of benzene rings is 1. The third kappa shape index (κ3) is 1.37. The lowest BCUT2D eigenvalue weighted by Gasteiger charge is -2.07. The number of pyridine rings is 1. The van der Waals surface area contributed by atoms with Gasteiger partial charge in [0.1, 0.15) is 0 Å². The maximum Gasteiger partial charge on any atom is 0.0757 e. The van der Waals surface area contributed by atoms with Crippen LogP contribution in [0.25, 0.3) is 16.6 Å². The summed E-state index contributed by atoms with van der Waals surface area (Å²) >= 11 is 0. The molecule has 3 aromatic rings. The summed E-state index contributed by atoms with van der Waals surface area (Å²) in [6.07, 6.45) is 3.73. The molecule has 78 valence electrons. The lowest BCUT2D eigenvalue weighted by molar-refractivity contribution is 0.884. The van der Waals surface area contributed by atoms with Gasteiger partial charge in [-0.2, -0.15) is 5.10 Å². The number of hydrogen-bond acceptors (Lipinski definition) is 2. The highest BCUT2D eigenvalue weighted by Gasteiger charge is 2.04. The zero-order chi connectivity index (χ0) is 11.0. The Bertz CT molecular complexity index is 627. The van der Waals surface area contributed by atoms with Gasteiger partial charge in [-0.25, -0.2) is 4.68 Å². The summed E-state index contributed by atoms with van der Waals surface area (Å²) in [7, 11) is 0. The Labute approximate surface area is 93.4 Å². The van der Waals surface area contributed by atoms with Crippen molar-refractivity contribution >= 4 is 10.9 Å². The van der Waals surface area contributed by atoms with E-state index in [1.807, 2.05) is 42.1 Å². The van der Waals surface area contributed by atoms with Crippen molar-refractivity contribution in [1.29, 1.82) is 0 Å². The first-order chi connectivity index (χ1) is 7.84. The highest BCUT2D eigenvalue weighted by molar-refractivity contribution is 5.87. The van der Waals surface area contributed by atoms with Crippen LogP contribution in [0.2, 0.25) is 0 Å². The van der Waals surface area contributed by atoms with Crippen LogP contribution in [0.5, 0.6) is 0 Å². The molecule has 0 saturated heterocycles. The number of para-hydroxylation sites is 1. The Morgan fingerprint density at radius 3 is 2.81 bits per heavy atom. The van der Waals surface area contributed by atoms with Crippen LogP contribution in [0.1, 0.15) is 5.69 Å². The quantitative estimate of drug-likeness (QED) is 0.617. The number of rotatable bonds is 1. The van der Waals surface area contributed by atoms with Crippen molar-refractivity contribution in [3.05, 3.63) is 54.5 Å². The predicted molar refractivity (Wildman–Crippen MR) is 63.6 cm³/mol. The second-order valence-electron chi connectivity index (χ2n) is 3.75. The maximum absolute atomic E-state index is 4.51. The Balaban J connectivity index is 2.39. The molecule has 1 aromatic carbocycles. The largest absolute Gasteiger partial charge is 0.253 e. The number of aromatic nitrogens is 3. The minimum absolute atomic E-state index is 1.00. The minimum Gasteiger partial charge on any atom is -0.253 e. The molecule has 3 nitrogen and oxygen atoms in total. The van der Waals surface area contributed by atoms with E-state index in [0.29, 0.717) is 0 Å². The molecule has 3 rings (SSSR count). The van der Waals surface area contributed by atoms with Gasteiger partial charge in [0.25, 0.3) is 0 Å². The number of aryl methyl sites for hydroxylation is 1. The van der Waals surface area contributed by atoms with Crippen LogP contribution in [-0.2, 0) is 0 Å². The van der Waals surface area contributed by atoms with Crippen molar-refractivity contribution in [2.24, 2.45) is 0 Å². The Kier molecular flexibility index (Phi) is 1.96. The zero-order valence-corrected chi connectivity index (χ0v) is 8.96. The fourth-order valence-corrected chi connectivity index (χ4v) is 1.89. The van der Waals surface area contributed by atoms with E-state index < -0.39 is 0 Å². The summed E-state index contributed by atoms with van der Waals surface area (Å²) in [5.41, 5.74) is 3.09. The van der Waals surface area contributed by atoms with Crippen LogP contribution in [0, 0.1) is 6.92 Å². The molecule has 2 aromatic heterocycles. The average Bonchev–Trinajstić information content (AvgIpc) is 2.81. The van der Waals surface area contributed by atoms with Crippen LogP contribution in [0.15, 0.2) is 48.8 Å². The standard InChI is InChI=1S/C13H11N3/c1-10-9-13(16-8-4-7-14-16)11-5-2-3-6-12(11)15-10/h2-9H,1H3. The predicted octanol–water partition coefficient (Wildman–Crippen LogP) is 2.73. The van der Waals surface area contributed by atoms with Gasteiger partial charge in [-0.3, -0.25) is 4.98 Å². The molecule has 0 unspecified atom stereocenters. The van der Waals surface area contributed by atoms with Gasteiger partial charge < -0.3 is 0 Å². The second kappa shape index (κ2) is 3.45. The van der Waals surface area contributed by atoms with Crippen LogP contribution in [0.4, 0.5) is 0 Å². The van der Waals surface area contributed by atoms with Crippen LogP contribution < -0.4 is 0 Å². The Morgan fingerprint density at radius 1 is 1.12 bits per heavy atom. The molecule has 0 aliphatic rings. The van der Waals surface area contributed by atoms with E-state index in [1.165, 1.54) is 0 Å². The smallest absolute Gasteiger partial charge is 0.0757 e. The van der Waals surface area contributed by atoms with Crippen molar-refractivity contribution in [1.82, 2.24) is 14.8 Å². The van der Waals surface area contributed by atoms with Crippen molar-refractivity contribution in [3.63, 3.8) is 0 Å². The van der Waals surface area contributed by atoms with E-state index in [-0.39, 0.29) is 0 Å². The molecule has 0 fully saturated rings. The van der Waals surface area contributed by atoms with E-state index in [0.717, 1.165) is 22.3 Å². The first-order valence-electron chi connectivity index (χ1n) is 5.21. The van der Waals surface area contributed by atoms with E-state index in [1.54, 1.807) is 6.20 Å². The zero-order valence-electron chi connectivity index (χ0n) is 8.96. The van der Waals surface area contributed by atoms with Gasteiger partial charge in [-0.05, 0) is 25.1 Å². The molecular weight excluding hydrogens is 198 g/mol. The van der Waals surface area contributed by atoms with Gasteiger partial charge in [0.15, 0.2) is 0 Å². The first-order valence-corrected chi connectivity index (χ1v) is 5.21. The molecule has 2 heterocycles. The highest BCUT2D eigenvalue weighted by atomic mass is 15.3. The molecule has 0 atom stereocenters. The van der Waals surface area contributed by atoms with Crippen molar-refractivity contribution in [2.45, 2.75) is 6.92 Å². The summed E-state index contributed by atoms with van der Waals surface area (Å²) in [4.78, 5) is 4.51. The van der Waals surface area contributed by atoms with Crippen molar-refractivity contribution < 1.29 is 0 Å². The lowest BCUT2D eigenvalue weighted by atomic mass is 10.1. The third-order valence-corrected chi connectivity index (χ3v) is 2.57. The van der Waals surface area contributed by atoms with Gasteiger partial charge in [-0.1, -0.05) is 18.2 Å². The topological polar surface area (TPSA) is 30.7 Å². The summed E-state index contributed by atoms with van der Waals surface area (Å²) in [6, 6.07) is 12.1. The molecular formula is C13H11N3. The molecule has 16 heavy (non-hydrogen) atoms. The SMILES string of the molecule is Cc1cc(-n2cccn2)c2ccccc2n1. The van der Waals surface area contributed by atoms with E-state index in [9.17, 15) is 0 Å². The van der Waals surface area contributed by atoms with Crippen molar-refractivity contribution in [3.8, 4) is 5.69 Å².